The highest BCUT2D eigenvalue weighted by atomic mass is 32.2. The molecule has 1 atom stereocenters. The summed E-state index contributed by atoms with van der Waals surface area (Å²) in [4.78, 5) is 23.4. The lowest BCUT2D eigenvalue weighted by atomic mass is 10.1. The average molecular weight is 435 g/mol. The van der Waals surface area contributed by atoms with Crippen molar-refractivity contribution in [3.63, 3.8) is 0 Å². The molecule has 0 radical (unpaired) electrons. The zero-order chi connectivity index (χ0) is 22.1. The molecule has 11 heteroatoms. The molecule has 3 rings (SSSR count). The van der Waals surface area contributed by atoms with Gasteiger partial charge in [-0.15, -0.1) is 0 Å². The maximum Gasteiger partial charge on any atom is 0.271 e. The van der Waals surface area contributed by atoms with Gasteiger partial charge in [0.05, 0.1) is 16.9 Å². The molecule has 0 bridgehead atoms. The molecule has 0 aromatic heterocycles. The number of anilines is 2. The van der Waals surface area contributed by atoms with Crippen molar-refractivity contribution in [1.82, 2.24) is 0 Å². The quantitative estimate of drug-likeness (QED) is 0.545. The molecule has 0 aliphatic carbocycles. The molecule has 0 saturated carbocycles. The van der Waals surface area contributed by atoms with Crippen LogP contribution in [0.3, 0.4) is 0 Å². The van der Waals surface area contributed by atoms with Crippen molar-refractivity contribution in [3.8, 4) is 11.5 Å². The normalized spacial score (nSPS) is 14.0. The number of nitro benzene ring substituents is 1. The first kappa shape index (κ1) is 21.4. The second-order valence-electron chi connectivity index (χ2n) is 6.81. The largest absolute Gasteiger partial charge is 0.486 e. The standard InChI is InChI=1S/C19H21N3O7S/c1-12-4-6-15(22(24)25)11-16(12)21(30(3,26)27)13(2)19(23)20-14-5-7-17-18(10-14)29-9-8-28-17/h4-7,10-11,13H,8-9H2,1-3H3,(H,20,23). The van der Waals surface area contributed by atoms with Crippen LogP contribution < -0.4 is 19.1 Å². The fourth-order valence-electron chi connectivity index (χ4n) is 3.10. The van der Waals surface area contributed by atoms with Crippen LogP contribution in [-0.4, -0.2) is 44.8 Å². The van der Waals surface area contributed by atoms with Crippen molar-refractivity contribution in [2.75, 3.05) is 29.1 Å². The van der Waals surface area contributed by atoms with Gasteiger partial charge in [0, 0.05) is 23.9 Å². The van der Waals surface area contributed by atoms with Crippen molar-refractivity contribution >= 4 is 33.0 Å². The molecule has 160 valence electrons. The molecule has 1 aliphatic rings. The Labute approximate surface area is 173 Å². The van der Waals surface area contributed by atoms with Crippen LogP contribution in [0.1, 0.15) is 12.5 Å². The topological polar surface area (TPSA) is 128 Å². The molecule has 2 aromatic carbocycles. The van der Waals surface area contributed by atoms with E-state index in [0.29, 0.717) is 36.0 Å². The molecular formula is C19H21N3O7S. The van der Waals surface area contributed by atoms with Gasteiger partial charge in [-0.2, -0.15) is 0 Å². The third-order valence-corrected chi connectivity index (χ3v) is 5.77. The fourth-order valence-corrected chi connectivity index (χ4v) is 4.32. The first-order chi connectivity index (χ1) is 14.1. The predicted octanol–water partition coefficient (Wildman–Crippen LogP) is 2.47. The SMILES string of the molecule is Cc1ccc([N+](=O)[O-])cc1N(C(C)C(=O)Nc1ccc2c(c1)OCCO2)S(C)(=O)=O. The molecule has 1 aliphatic heterocycles. The van der Waals surface area contributed by atoms with E-state index in [-0.39, 0.29) is 11.4 Å². The number of nitrogens with zero attached hydrogens (tertiary/aromatic N) is 2. The van der Waals surface area contributed by atoms with Crippen molar-refractivity contribution in [2.24, 2.45) is 0 Å². The highest BCUT2D eigenvalue weighted by Crippen LogP contribution is 2.33. The zero-order valence-corrected chi connectivity index (χ0v) is 17.4. The van der Waals surface area contributed by atoms with Gasteiger partial charge in [-0.1, -0.05) is 6.07 Å². The van der Waals surface area contributed by atoms with E-state index in [1.54, 1.807) is 25.1 Å². The molecule has 2 aromatic rings. The molecule has 0 fully saturated rings. The lowest BCUT2D eigenvalue weighted by Crippen LogP contribution is -2.45. The van der Waals surface area contributed by atoms with E-state index in [0.717, 1.165) is 16.6 Å². The summed E-state index contributed by atoms with van der Waals surface area (Å²) in [6, 6.07) is 7.53. The minimum absolute atomic E-state index is 0.0662. The molecule has 10 nitrogen and oxygen atoms in total. The summed E-state index contributed by atoms with van der Waals surface area (Å²) in [5.74, 6) is 0.418. The number of amides is 1. The van der Waals surface area contributed by atoms with Crippen molar-refractivity contribution in [1.29, 1.82) is 0 Å². The molecular weight excluding hydrogens is 414 g/mol. The molecule has 1 unspecified atom stereocenters. The minimum Gasteiger partial charge on any atom is -0.486 e. The molecule has 1 amide bonds. The summed E-state index contributed by atoms with van der Waals surface area (Å²) in [5, 5.41) is 13.8. The van der Waals surface area contributed by atoms with Crippen LogP contribution in [-0.2, 0) is 14.8 Å². The van der Waals surface area contributed by atoms with Gasteiger partial charge in [0.2, 0.25) is 15.9 Å². The van der Waals surface area contributed by atoms with E-state index in [4.69, 9.17) is 9.47 Å². The van der Waals surface area contributed by atoms with Crippen LogP contribution in [0.15, 0.2) is 36.4 Å². The Bertz CT molecular complexity index is 1100. The van der Waals surface area contributed by atoms with Gasteiger partial charge < -0.3 is 14.8 Å². The number of hydrogen-bond donors (Lipinski definition) is 1. The Morgan fingerprint density at radius 1 is 1.17 bits per heavy atom. The maximum absolute atomic E-state index is 12.8. The summed E-state index contributed by atoms with van der Waals surface area (Å²) in [5.41, 5.74) is 0.672. The number of carbonyl (C=O) groups excluding carboxylic acids is 1. The van der Waals surface area contributed by atoms with Crippen LogP contribution in [0.25, 0.3) is 0 Å². The number of aryl methyl sites for hydroxylation is 1. The van der Waals surface area contributed by atoms with Gasteiger partial charge in [0.15, 0.2) is 11.5 Å². The van der Waals surface area contributed by atoms with Crippen LogP contribution in [0.5, 0.6) is 11.5 Å². The lowest BCUT2D eigenvalue weighted by Gasteiger charge is -2.29. The van der Waals surface area contributed by atoms with Gasteiger partial charge in [0.25, 0.3) is 5.69 Å². The number of sulfonamides is 1. The van der Waals surface area contributed by atoms with Gasteiger partial charge >= 0.3 is 0 Å². The third kappa shape index (κ3) is 4.46. The van der Waals surface area contributed by atoms with E-state index in [9.17, 15) is 23.3 Å². The van der Waals surface area contributed by atoms with Gasteiger partial charge in [0.1, 0.15) is 19.3 Å². The minimum atomic E-state index is -3.93. The Morgan fingerprint density at radius 2 is 1.83 bits per heavy atom. The van der Waals surface area contributed by atoms with Crippen LogP contribution in [0, 0.1) is 17.0 Å². The number of hydrogen-bond acceptors (Lipinski definition) is 7. The number of ether oxygens (including phenoxy) is 2. The molecule has 0 saturated heterocycles. The first-order valence-electron chi connectivity index (χ1n) is 9.03. The van der Waals surface area contributed by atoms with Crippen molar-refractivity contribution < 1.29 is 27.6 Å². The molecule has 30 heavy (non-hydrogen) atoms. The van der Waals surface area contributed by atoms with Crippen molar-refractivity contribution in [2.45, 2.75) is 19.9 Å². The molecule has 1 heterocycles. The number of fused-ring (bicyclic) bond motifs is 1. The summed E-state index contributed by atoms with van der Waals surface area (Å²) >= 11 is 0. The fraction of sp³-hybridized carbons (Fsp3) is 0.316. The number of non-ortho nitro benzene ring substituents is 1. The molecule has 1 N–H and O–H groups in total. The Hall–Kier alpha value is -3.34. The Kier molecular flexibility index (Phi) is 5.83. The maximum atomic E-state index is 12.8. The zero-order valence-electron chi connectivity index (χ0n) is 16.6. The number of rotatable bonds is 6. The number of carbonyl (C=O) groups is 1. The number of nitro groups is 1. The lowest BCUT2D eigenvalue weighted by molar-refractivity contribution is -0.384. The second-order valence-corrected chi connectivity index (χ2v) is 8.67. The number of nitrogens with one attached hydrogen (secondary N) is 1. The van der Waals surface area contributed by atoms with Crippen molar-refractivity contribution in [3.05, 3.63) is 52.1 Å². The van der Waals surface area contributed by atoms with E-state index < -0.39 is 26.9 Å². The van der Waals surface area contributed by atoms with E-state index in [1.807, 2.05) is 0 Å². The summed E-state index contributed by atoms with van der Waals surface area (Å²) < 4.78 is 36.8. The van der Waals surface area contributed by atoms with Crippen LogP contribution in [0.2, 0.25) is 0 Å². The second kappa shape index (κ2) is 8.19. The smallest absolute Gasteiger partial charge is 0.271 e. The summed E-state index contributed by atoms with van der Waals surface area (Å²) in [7, 11) is -3.93. The highest BCUT2D eigenvalue weighted by Gasteiger charge is 2.31. The average Bonchev–Trinajstić information content (AvgIpc) is 2.68. The van der Waals surface area contributed by atoms with Gasteiger partial charge in [-0.25, -0.2) is 8.42 Å². The van der Waals surface area contributed by atoms with Gasteiger partial charge in [-0.05, 0) is 31.5 Å². The molecule has 0 spiro atoms. The van der Waals surface area contributed by atoms with Gasteiger partial charge in [-0.3, -0.25) is 19.2 Å². The van der Waals surface area contributed by atoms with E-state index >= 15 is 0 Å². The predicted molar refractivity (Wildman–Crippen MR) is 111 cm³/mol. The highest BCUT2D eigenvalue weighted by molar-refractivity contribution is 7.92. The van der Waals surface area contributed by atoms with E-state index in [1.165, 1.54) is 19.1 Å². The summed E-state index contributed by atoms with van der Waals surface area (Å²) in [6.07, 6.45) is 0.944. The Balaban J connectivity index is 1.91. The first-order valence-corrected chi connectivity index (χ1v) is 10.9. The summed E-state index contributed by atoms with van der Waals surface area (Å²) in [6.45, 7) is 3.84. The third-order valence-electron chi connectivity index (χ3n) is 4.54. The number of benzene rings is 2. The van der Waals surface area contributed by atoms with Crippen LogP contribution in [0.4, 0.5) is 17.1 Å². The monoisotopic (exact) mass is 435 g/mol. The van der Waals surface area contributed by atoms with E-state index in [2.05, 4.69) is 5.32 Å². The Morgan fingerprint density at radius 3 is 2.47 bits per heavy atom. The van der Waals surface area contributed by atoms with Crippen LogP contribution >= 0.6 is 0 Å².